The predicted octanol–water partition coefficient (Wildman–Crippen LogP) is 6.44. The van der Waals surface area contributed by atoms with Crippen LogP contribution in [-0.4, -0.2) is 34.9 Å². The summed E-state index contributed by atoms with van der Waals surface area (Å²) in [5.74, 6) is -0.0727. The van der Waals surface area contributed by atoms with Gasteiger partial charge in [-0.3, -0.25) is 4.79 Å². The van der Waals surface area contributed by atoms with E-state index in [1.165, 1.54) is 83.5 Å². The van der Waals surface area contributed by atoms with Gasteiger partial charge in [0.1, 0.15) is 0 Å². The predicted molar refractivity (Wildman–Crippen MR) is 129 cm³/mol. The fourth-order valence-electron chi connectivity index (χ4n) is 3.70. The average molecular weight is 426 g/mol. The van der Waals surface area contributed by atoms with Crippen molar-refractivity contribution >= 4 is 5.91 Å². The second-order valence-corrected chi connectivity index (χ2v) is 8.76. The molecule has 2 atom stereocenters. The molecule has 0 saturated heterocycles. The van der Waals surface area contributed by atoms with Crippen LogP contribution in [0.2, 0.25) is 0 Å². The molecule has 0 aromatic carbocycles. The first kappa shape index (κ1) is 29.1. The third kappa shape index (κ3) is 19.1. The van der Waals surface area contributed by atoms with E-state index in [1.807, 2.05) is 6.08 Å². The lowest BCUT2D eigenvalue weighted by atomic mass is 10.1. The minimum Gasteiger partial charge on any atom is -0.394 e. The molecular formula is C26H51NO3. The van der Waals surface area contributed by atoms with Gasteiger partial charge in [0.15, 0.2) is 0 Å². The summed E-state index contributed by atoms with van der Waals surface area (Å²) in [6, 6.07) is -0.610. The minimum atomic E-state index is -0.827. The number of unbranched alkanes of at least 4 members (excludes halogenated alkanes) is 15. The molecule has 0 fully saturated rings. The Labute approximate surface area is 186 Å². The van der Waals surface area contributed by atoms with Crippen LogP contribution in [0.25, 0.3) is 0 Å². The fourth-order valence-corrected chi connectivity index (χ4v) is 3.70. The zero-order valence-corrected chi connectivity index (χ0v) is 20.0. The van der Waals surface area contributed by atoms with Crippen molar-refractivity contribution in [2.75, 3.05) is 6.61 Å². The van der Waals surface area contributed by atoms with Crippen LogP contribution in [0.3, 0.4) is 0 Å². The number of carbonyl (C=O) groups is 1. The van der Waals surface area contributed by atoms with E-state index >= 15 is 0 Å². The molecule has 178 valence electrons. The summed E-state index contributed by atoms with van der Waals surface area (Å²) in [7, 11) is 0. The lowest BCUT2D eigenvalue weighted by Gasteiger charge is -2.20. The van der Waals surface area contributed by atoms with Gasteiger partial charge < -0.3 is 15.5 Å². The average Bonchev–Trinajstić information content (AvgIpc) is 2.75. The first-order valence-electron chi connectivity index (χ1n) is 12.9. The molecule has 0 heterocycles. The molecule has 3 N–H and O–H groups in total. The van der Waals surface area contributed by atoms with E-state index in [0.29, 0.717) is 6.42 Å². The second kappa shape index (κ2) is 22.8. The van der Waals surface area contributed by atoms with E-state index in [9.17, 15) is 15.0 Å². The van der Waals surface area contributed by atoms with Gasteiger partial charge in [-0.25, -0.2) is 0 Å². The largest absolute Gasteiger partial charge is 0.394 e. The van der Waals surface area contributed by atoms with Crippen molar-refractivity contribution in [3.63, 3.8) is 0 Å². The van der Waals surface area contributed by atoms with Gasteiger partial charge in [-0.2, -0.15) is 0 Å². The highest BCUT2D eigenvalue weighted by Crippen LogP contribution is 2.11. The lowest BCUT2D eigenvalue weighted by Crippen LogP contribution is -2.45. The van der Waals surface area contributed by atoms with Gasteiger partial charge >= 0.3 is 0 Å². The van der Waals surface area contributed by atoms with Crippen molar-refractivity contribution in [1.29, 1.82) is 0 Å². The molecule has 0 aliphatic carbocycles. The van der Waals surface area contributed by atoms with Gasteiger partial charge in [-0.1, -0.05) is 116 Å². The molecule has 0 saturated carbocycles. The maximum absolute atomic E-state index is 12.1. The van der Waals surface area contributed by atoms with Crippen LogP contribution in [0.4, 0.5) is 0 Å². The number of hydrogen-bond acceptors (Lipinski definition) is 3. The summed E-state index contributed by atoms with van der Waals surface area (Å²) < 4.78 is 0. The molecule has 0 unspecified atom stereocenters. The Kier molecular flexibility index (Phi) is 22.1. The third-order valence-electron chi connectivity index (χ3n) is 5.77. The molecule has 0 bridgehead atoms. The van der Waals surface area contributed by atoms with Crippen molar-refractivity contribution < 1.29 is 15.0 Å². The first-order valence-corrected chi connectivity index (χ1v) is 12.9. The number of hydrogen-bond donors (Lipinski definition) is 3. The molecule has 4 nitrogen and oxygen atoms in total. The van der Waals surface area contributed by atoms with E-state index in [-0.39, 0.29) is 12.5 Å². The number of aliphatic hydroxyl groups excluding tert-OH is 2. The van der Waals surface area contributed by atoms with Gasteiger partial charge in [0.25, 0.3) is 0 Å². The first-order chi connectivity index (χ1) is 14.7. The topological polar surface area (TPSA) is 69.6 Å². The Morgan fingerprint density at radius 1 is 0.767 bits per heavy atom. The molecule has 0 aliphatic rings. The molecule has 0 aromatic heterocycles. The minimum absolute atomic E-state index is 0.0727. The van der Waals surface area contributed by atoms with Crippen LogP contribution < -0.4 is 5.32 Å². The van der Waals surface area contributed by atoms with Crippen LogP contribution in [-0.2, 0) is 4.79 Å². The summed E-state index contributed by atoms with van der Waals surface area (Å²) >= 11 is 0. The van der Waals surface area contributed by atoms with Gasteiger partial charge in [-0.15, -0.1) is 0 Å². The summed E-state index contributed by atoms with van der Waals surface area (Å²) in [6.45, 7) is 4.22. The lowest BCUT2D eigenvalue weighted by molar-refractivity contribution is -0.123. The number of carbonyl (C=O) groups excluding carboxylic acids is 1. The molecule has 4 heteroatoms. The van der Waals surface area contributed by atoms with E-state index in [2.05, 4.69) is 19.2 Å². The highest BCUT2D eigenvalue weighted by atomic mass is 16.3. The van der Waals surface area contributed by atoms with Crippen molar-refractivity contribution in [3.05, 3.63) is 12.2 Å². The third-order valence-corrected chi connectivity index (χ3v) is 5.77. The van der Waals surface area contributed by atoms with Gasteiger partial charge in [-0.05, 0) is 19.3 Å². The Hall–Kier alpha value is -0.870. The van der Waals surface area contributed by atoms with Crippen LogP contribution in [0, 0.1) is 0 Å². The molecule has 0 radical (unpaired) electrons. The number of rotatable bonds is 22. The standard InChI is InChI=1S/C26H51NO3/c1-3-5-7-9-11-13-15-17-19-21-25(29)24(23-28)27-26(30)22-20-18-16-14-12-10-8-6-4-2/h19,21,24-25,28-29H,3-18,20,22-23H2,1-2H3,(H,27,30)/b21-19+/t24-,25+/m0/s1. The van der Waals surface area contributed by atoms with Crippen LogP contribution >= 0.6 is 0 Å². The van der Waals surface area contributed by atoms with E-state index in [4.69, 9.17) is 0 Å². The monoisotopic (exact) mass is 425 g/mol. The Balaban J connectivity index is 3.75. The summed E-state index contributed by atoms with van der Waals surface area (Å²) in [4.78, 5) is 12.1. The molecule has 0 aromatic rings. The summed E-state index contributed by atoms with van der Waals surface area (Å²) in [5, 5.41) is 22.5. The summed E-state index contributed by atoms with van der Waals surface area (Å²) in [6.07, 6.45) is 24.2. The Morgan fingerprint density at radius 3 is 1.73 bits per heavy atom. The molecule has 0 aliphatic heterocycles. The Morgan fingerprint density at radius 2 is 1.23 bits per heavy atom. The van der Waals surface area contributed by atoms with Gasteiger partial charge in [0.2, 0.25) is 5.91 Å². The van der Waals surface area contributed by atoms with Crippen LogP contribution in [0.5, 0.6) is 0 Å². The van der Waals surface area contributed by atoms with E-state index in [0.717, 1.165) is 25.7 Å². The van der Waals surface area contributed by atoms with Crippen molar-refractivity contribution in [2.24, 2.45) is 0 Å². The second-order valence-electron chi connectivity index (χ2n) is 8.76. The fraction of sp³-hybridized carbons (Fsp3) is 0.885. The van der Waals surface area contributed by atoms with E-state index < -0.39 is 12.1 Å². The van der Waals surface area contributed by atoms with E-state index in [1.54, 1.807) is 6.08 Å². The normalized spacial score (nSPS) is 13.6. The van der Waals surface area contributed by atoms with Crippen LogP contribution in [0.15, 0.2) is 12.2 Å². The highest BCUT2D eigenvalue weighted by molar-refractivity contribution is 5.76. The number of allylic oxidation sites excluding steroid dienone is 1. The molecule has 0 rings (SSSR count). The molecular weight excluding hydrogens is 374 g/mol. The van der Waals surface area contributed by atoms with Crippen LogP contribution in [0.1, 0.15) is 129 Å². The molecule has 0 spiro atoms. The maximum Gasteiger partial charge on any atom is 0.220 e. The van der Waals surface area contributed by atoms with Crippen molar-refractivity contribution in [1.82, 2.24) is 5.32 Å². The zero-order valence-electron chi connectivity index (χ0n) is 20.0. The van der Waals surface area contributed by atoms with Crippen molar-refractivity contribution in [3.8, 4) is 0 Å². The Bertz CT molecular complexity index is 398. The molecule has 1 amide bonds. The summed E-state index contributed by atoms with van der Waals surface area (Å²) in [5.41, 5.74) is 0. The van der Waals surface area contributed by atoms with Crippen molar-refractivity contribution in [2.45, 2.75) is 142 Å². The number of nitrogens with one attached hydrogen (secondary N) is 1. The highest BCUT2D eigenvalue weighted by Gasteiger charge is 2.17. The number of aliphatic hydroxyl groups is 2. The smallest absolute Gasteiger partial charge is 0.220 e. The molecule has 30 heavy (non-hydrogen) atoms. The SMILES string of the molecule is CCCCCCCCC/C=C/[C@@H](O)[C@H](CO)NC(=O)CCCCCCCCCCC. The van der Waals surface area contributed by atoms with Gasteiger partial charge in [0, 0.05) is 6.42 Å². The zero-order chi connectivity index (χ0) is 22.3. The quantitative estimate of drug-likeness (QED) is 0.138. The maximum atomic E-state index is 12.1. The number of amides is 1. The van der Waals surface area contributed by atoms with Gasteiger partial charge in [0.05, 0.1) is 18.8 Å².